The lowest BCUT2D eigenvalue weighted by atomic mass is 10.1. The Morgan fingerprint density at radius 2 is 1.52 bits per heavy atom. The van der Waals surface area contributed by atoms with Gasteiger partial charge in [0.1, 0.15) is 0 Å². The molecule has 27 heavy (non-hydrogen) atoms. The predicted molar refractivity (Wildman–Crippen MR) is 110 cm³/mol. The Hall–Kier alpha value is -2.78. The second-order valence-corrected chi connectivity index (χ2v) is 7.56. The van der Waals surface area contributed by atoms with Crippen LogP contribution in [0.5, 0.6) is 0 Å². The largest absolute Gasteiger partial charge is 0.326 e. The Bertz CT molecular complexity index is 809. The molecule has 0 atom stereocenters. The molecule has 140 valence electrons. The number of carbonyl (C=O) groups excluding carboxylic acids is 2. The van der Waals surface area contributed by atoms with Crippen molar-refractivity contribution in [1.29, 1.82) is 5.26 Å². The van der Waals surface area contributed by atoms with Crippen molar-refractivity contribution in [2.45, 2.75) is 26.0 Å². The van der Waals surface area contributed by atoms with Crippen molar-refractivity contribution in [3.8, 4) is 6.07 Å². The van der Waals surface area contributed by atoms with Crippen molar-refractivity contribution in [1.82, 2.24) is 0 Å². The SMILES string of the molecule is CC(C)CC(=O)Nc1ccc(NC(=O)CSCc2ccc(C#N)cc2)cc1. The van der Waals surface area contributed by atoms with Gasteiger partial charge in [-0.3, -0.25) is 9.59 Å². The van der Waals surface area contributed by atoms with Crippen LogP contribution >= 0.6 is 11.8 Å². The minimum Gasteiger partial charge on any atom is -0.326 e. The van der Waals surface area contributed by atoms with Crippen molar-refractivity contribution >= 4 is 35.0 Å². The molecule has 2 aromatic rings. The summed E-state index contributed by atoms with van der Waals surface area (Å²) in [5, 5.41) is 14.5. The number of hydrogen-bond donors (Lipinski definition) is 2. The highest BCUT2D eigenvalue weighted by molar-refractivity contribution is 7.99. The van der Waals surface area contributed by atoms with Gasteiger partial charge in [0.05, 0.1) is 17.4 Å². The van der Waals surface area contributed by atoms with Crippen molar-refractivity contribution in [2.75, 3.05) is 16.4 Å². The van der Waals surface area contributed by atoms with Crippen molar-refractivity contribution < 1.29 is 9.59 Å². The van der Waals surface area contributed by atoms with Crippen LogP contribution in [-0.4, -0.2) is 17.6 Å². The van der Waals surface area contributed by atoms with Crippen LogP contribution in [0.25, 0.3) is 0 Å². The van der Waals surface area contributed by atoms with Gasteiger partial charge in [0.25, 0.3) is 0 Å². The van der Waals surface area contributed by atoms with Gasteiger partial charge in [-0.1, -0.05) is 26.0 Å². The molecule has 2 N–H and O–H groups in total. The lowest BCUT2D eigenvalue weighted by Crippen LogP contribution is -2.15. The number of amides is 2. The van der Waals surface area contributed by atoms with E-state index in [-0.39, 0.29) is 11.8 Å². The number of carbonyl (C=O) groups is 2. The van der Waals surface area contributed by atoms with E-state index in [1.54, 1.807) is 36.4 Å². The van der Waals surface area contributed by atoms with E-state index in [1.165, 1.54) is 11.8 Å². The number of anilines is 2. The molecule has 0 heterocycles. The topological polar surface area (TPSA) is 82.0 Å². The average Bonchev–Trinajstić information content (AvgIpc) is 2.63. The van der Waals surface area contributed by atoms with Crippen LogP contribution in [0.3, 0.4) is 0 Å². The summed E-state index contributed by atoms with van der Waals surface area (Å²) in [5.41, 5.74) is 3.12. The number of thioether (sulfide) groups is 1. The number of hydrogen-bond acceptors (Lipinski definition) is 4. The highest BCUT2D eigenvalue weighted by Crippen LogP contribution is 2.16. The second kappa shape index (κ2) is 10.4. The van der Waals surface area contributed by atoms with E-state index >= 15 is 0 Å². The van der Waals surface area contributed by atoms with Crippen LogP contribution in [0.4, 0.5) is 11.4 Å². The molecule has 0 aliphatic rings. The summed E-state index contributed by atoms with van der Waals surface area (Å²) in [4.78, 5) is 23.8. The van der Waals surface area contributed by atoms with Gasteiger partial charge < -0.3 is 10.6 Å². The lowest BCUT2D eigenvalue weighted by Gasteiger charge is -2.09. The Balaban J connectivity index is 1.75. The maximum Gasteiger partial charge on any atom is 0.234 e. The third-order valence-electron chi connectivity index (χ3n) is 3.63. The first kappa shape index (κ1) is 20.5. The van der Waals surface area contributed by atoms with Crippen LogP contribution < -0.4 is 10.6 Å². The third-order valence-corrected chi connectivity index (χ3v) is 4.63. The molecule has 0 saturated carbocycles. The number of nitrogens with zero attached hydrogens (tertiary/aromatic N) is 1. The fourth-order valence-corrected chi connectivity index (χ4v) is 3.14. The maximum atomic E-state index is 12.0. The minimum absolute atomic E-state index is 0.0130. The normalized spacial score (nSPS) is 10.3. The molecule has 6 heteroatoms. The monoisotopic (exact) mass is 381 g/mol. The van der Waals surface area contributed by atoms with Crippen molar-refractivity contribution in [3.63, 3.8) is 0 Å². The van der Waals surface area contributed by atoms with E-state index in [1.807, 2.05) is 26.0 Å². The van der Waals surface area contributed by atoms with Gasteiger partial charge in [-0.05, 0) is 47.9 Å². The van der Waals surface area contributed by atoms with Gasteiger partial charge in [-0.2, -0.15) is 5.26 Å². The molecule has 0 aliphatic heterocycles. The molecule has 2 aromatic carbocycles. The van der Waals surface area contributed by atoms with Crippen LogP contribution in [0.15, 0.2) is 48.5 Å². The Labute approximate surface area is 164 Å². The molecule has 0 saturated heterocycles. The fourth-order valence-electron chi connectivity index (χ4n) is 2.35. The lowest BCUT2D eigenvalue weighted by molar-refractivity contribution is -0.117. The van der Waals surface area contributed by atoms with E-state index in [9.17, 15) is 9.59 Å². The fraction of sp³-hybridized carbons (Fsp3) is 0.286. The summed E-state index contributed by atoms with van der Waals surface area (Å²) in [6.45, 7) is 4.00. The Morgan fingerprint density at radius 1 is 0.963 bits per heavy atom. The molecule has 0 bridgehead atoms. The van der Waals surface area contributed by atoms with E-state index in [0.717, 1.165) is 5.56 Å². The summed E-state index contributed by atoms with van der Waals surface area (Å²) in [6, 6.07) is 16.5. The number of benzene rings is 2. The standard InChI is InChI=1S/C21H23N3O2S/c1-15(2)11-20(25)23-18-7-9-19(10-8-18)24-21(26)14-27-13-17-5-3-16(12-22)4-6-17/h3-10,15H,11,13-14H2,1-2H3,(H,23,25)(H,24,26). The minimum atomic E-state index is -0.0785. The first-order valence-electron chi connectivity index (χ1n) is 8.73. The maximum absolute atomic E-state index is 12.0. The molecule has 0 radical (unpaired) electrons. The zero-order valence-corrected chi connectivity index (χ0v) is 16.3. The first-order chi connectivity index (χ1) is 13.0. The summed E-state index contributed by atoms with van der Waals surface area (Å²) < 4.78 is 0. The van der Waals surface area contributed by atoms with Crippen molar-refractivity contribution in [3.05, 3.63) is 59.7 Å². The average molecular weight is 382 g/mol. The van der Waals surface area contributed by atoms with Gasteiger partial charge in [-0.15, -0.1) is 11.8 Å². The molecular weight excluding hydrogens is 358 g/mol. The van der Waals surface area contributed by atoms with Gasteiger partial charge in [0, 0.05) is 23.5 Å². The molecule has 0 spiro atoms. The quantitative estimate of drug-likeness (QED) is 0.709. The number of rotatable bonds is 8. The van der Waals surface area contributed by atoms with E-state index in [2.05, 4.69) is 16.7 Å². The van der Waals surface area contributed by atoms with Gasteiger partial charge in [0.2, 0.25) is 11.8 Å². The van der Waals surface area contributed by atoms with Crippen LogP contribution in [0, 0.1) is 17.2 Å². The number of nitrogens with one attached hydrogen (secondary N) is 2. The second-order valence-electron chi connectivity index (χ2n) is 6.57. The summed E-state index contributed by atoms with van der Waals surface area (Å²) in [7, 11) is 0. The highest BCUT2D eigenvalue weighted by atomic mass is 32.2. The zero-order valence-electron chi connectivity index (χ0n) is 15.5. The van der Waals surface area contributed by atoms with E-state index in [0.29, 0.717) is 40.8 Å². The Kier molecular flexibility index (Phi) is 7.90. The summed E-state index contributed by atoms with van der Waals surface area (Å²) >= 11 is 1.51. The first-order valence-corrected chi connectivity index (χ1v) is 9.88. The molecule has 0 unspecified atom stereocenters. The molecule has 5 nitrogen and oxygen atoms in total. The molecule has 0 aromatic heterocycles. The summed E-state index contributed by atoms with van der Waals surface area (Å²) in [5.74, 6) is 1.27. The molecule has 2 rings (SSSR count). The Morgan fingerprint density at radius 3 is 2.04 bits per heavy atom. The van der Waals surface area contributed by atoms with Gasteiger partial charge in [0.15, 0.2) is 0 Å². The predicted octanol–water partition coefficient (Wildman–Crippen LogP) is 4.41. The third kappa shape index (κ3) is 7.55. The van der Waals surface area contributed by atoms with Crippen LogP contribution in [-0.2, 0) is 15.3 Å². The zero-order chi connectivity index (χ0) is 19.6. The van der Waals surface area contributed by atoms with E-state index < -0.39 is 0 Å². The summed E-state index contributed by atoms with van der Waals surface area (Å²) in [6.07, 6.45) is 0.481. The molecule has 2 amide bonds. The molecular formula is C21H23N3O2S. The van der Waals surface area contributed by atoms with Gasteiger partial charge >= 0.3 is 0 Å². The number of nitriles is 1. The molecule has 0 fully saturated rings. The smallest absolute Gasteiger partial charge is 0.234 e. The van der Waals surface area contributed by atoms with Gasteiger partial charge in [-0.25, -0.2) is 0 Å². The van der Waals surface area contributed by atoms with Crippen LogP contribution in [0.1, 0.15) is 31.4 Å². The molecule has 0 aliphatic carbocycles. The van der Waals surface area contributed by atoms with Crippen LogP contribution in [0.2, 0.25) is 0 Å². The van der Waals surface area contributed by atoms with E-state index in [4.69, 9.17) is 5.26 Å². The highest BCUT2D eigenvalue weighted by Gasteiger charge is 2.06. The van der Waals surface area contributed by atoms with Crippen molar-refractivity contribution in [2.24, 2.45) is 5.92 Å².